The number of hydrogen-bond acceptors (Lipinski definition) is 8. The Labute approximate surface area is 187 Å². The number of aromatic nitrogens is 2. The summed E-state index contributed by atoms with van der Waals surface area (Å²) in [5, 5.41) is 4.28. The summed E-state index contributed by atoms with van der Waals surface area (Å²) >= 11 is 0. The maximum atomic E-state index is 6.06. The average Bonchev–Trinajstić information content (AvgIpc) is 3.32. The van der Waals surface area contributed by atoms with Crippen LogP contribution in [0, 0.1) is 0 Å². The van der Waals surface area contributed by atoms with Crippen molar-refractivity contribution in [1.29, 1.82) is 0 Å². The van der Waals surface area contributed by atoms with Gasteiger partial charge in [-0.05, 0) is 24.1 Å². The van der Waals surface area contributed by atoms with Gasteiger partial charge in [0.1, 0.15) is 17.9 Å². The fourth-order valence-corrected chi connectivity index (χ4v) is 4.17. The predicted octanol–water partition coefficient (Wildman–Crippen LogP) is 3.42. The Bertz CT molecular complexity index is 1090. The first-order valence-electron chi connectivity index (χ1n) is 11.1. The van der Waals surface area contributed by atoms with Gasteiger partial charge in [0, 0.05) is 37.5 Å². The van der Waals surface area contributed by atoms with Gasteiger partial charge < -0.3 is 24.3 Å². The van der Waals surface area contributed by atoms with Crippen LogP contribution >= 0.6 is 0 Å². The maximum Gasteiger partial charge on any atom is 0.163 e. The topological polar surface area (TPSA) is 78.0 Å². The Balaban J connectivity index is 1.33. The number of nitrogens with one attached hydrogen (secondary N) is 1. The molecule has 1 aromatic heterocycles. The zero-order valence-corrected chi connectivity index (χ0v) is 18.3. The van der Waals surface area contributed by atoms with Crippen LogP contribution in [0.2, 0.25) is 0 Å². The van der Waals surface area contributed by atoms with Crippen molar-refractivity contribution in [3.63, 3.8) is 0 Å². The number of hydrogen-bond donors (Lipinski definition) is 1. The molecule has 8 nitrogen and oxygen atoms in total. The van der Waals surface area contributed by atoms with Gasteiger partial charge in [0.2, 0.25) is 0 Å². The second kappa shape index (κ2) is 9.58. The Hall–Kier alpha value is -3.10. The molecule has 3 heterocycles. The van der Waals surface area contributed by atoms with Gasteiger partial charge in [0.15, 0.2) is 11.5 Å². The predicted molar refractivity (Wildman–Crippen MR) is 122 cm³/mol. The average molecular weight is 437 g/mol. The molecule has 0 aliphatic carbocycles. The summed E-state index contributed by atoms with van der Waals surface area (Å²) in [6.45, 7) is 5.92. The molecule has 0 atom stereocenters. The summed E-state index contributed by atoms with van der Waals surface area (Å²) in [6, 6.07) is 9.97. The summed E-state index contributed by atoms with van der Waals surface area (Å²) in [7, 11) is 1.65. The number of para-hydroxylation sites is 1. The Morgan fingerprint density at radius 3 is 2.88 bits per heavy atom. The molecule has 32 heavy (non-hydrogen) atoms. The fourth-order valence-electron chi connectivity index (χ4n) is 4.17. The van der Waals surface area contributed by atoms with E-state index in [1.165, 1.54) is 5.56 Å². The van der Waals surface area contributed by atoms with E-state index in [1.807, 2.05) is 24.3 Å². The van der Waals surface area contributed by atoms with Crippen LogP contribution in [-0.2, 0) is 11.2 Å². The molecular formula is C24H28N4O4. The number of fused-ring (bicyclic) bond motifs is 2. The highest BCUT2D eigenvalue weighted by Crippen LogP contribution is 2.38. The van der Waals surface area contributed by atoms with Gasteiger partial charge in [-0.3, -0.25) is 4.90 Å². The monoisotopic (exact) mass is 436 g/mol. The van der Waals surface area contributed by atoms with Crippen LogP contribution in [-0.4, -0.2) is 68.0 Å². The second-order valence-corrected chi connectivity index (χ2v) is 7.92. The molecule has 0 saturated carbocycles. The van der Waals surface area contributed by atoms with Crippen molar-refractivity contribution in [3.05, 3.63) is 42.2 Å². The molecule has 1 saturated heterocycles. The van der Waals surface area contributed by atoms with Crippen molar-refractivity contribution < 1.29 is 18.9 Å². The van der Waals surface area contributed by atoms with E-state index in [0.29, 0.717) is 30.5 Å². The molecular weight excluding hydrogens is 408 g/mol. The number of morpholine rings is 1. The van der Waals surface area contributed by atoms with E-state index >= 15 is 0 Å². The standard InChI is InChI=1S/C24H28N4O4/c1-29-21-14-18-20(15-22(21)31-10-3-7-28-8-12-30-13-9-28)25-16-26-24(18)27-19-5-2-4-17-6-11-32-23(17)19/h2,4-5,14-16H,3,6-13H2,1H3,(H,25,26,27). The van der Waals surface area contributed by atoms with Crippen LogP contribution in [0.15, 0.2) is 36.7 Å². The van der Waals surface area contributed by atoms with E-state index in [-0.39, 0.29) is 0 Å². The highest BCUT2D eigenvalue weighted by Gasteiger charge is 2.18. The summed E-state index contributed by atoms with van der Waals surface area (Å²) < 4.78 is 22.9. The van der Waals surface area contributed by atoms with Crippen LogP contribution in [0.1, 0.15) is 12.0 Å². The first kappa shape index (κ1) is 20.8. The molecule has 0 unspecified atom stereocenters. The smallest absolute Gasteiger partial charge is 0.163 e. The molecule has 5 rings (SSSR count). The lowest BCUT2D eigenvalue weighted by atomic mass is 10.1. The number of nitrogens with zero attached hydrogens (tertiary/aromatic N) is 3. The van der Waals surface area contributed by atoms with Crippen molar-refractivity contribution in [2.45, 2.75) is 12.8 Å². The molecule has 0 radical (unpaired) electrons. The third kappa shape index (κ3) is 4.42. The fraction of sp³-hybridized carbons (Fsp3) is 0.417. The van der Waals surface area contributed by atoms with Gasteiger partial charge in [0.25, 0.3) is 0 Å². The number of anilines is 2. The minimum Gasteiger partial charge on any atom is -0.493 e. The zero-order chi connectivity index (χ0) is 21.8. The molecule has 168 valence electrons. The third-order valence-electron chi connectivity index (χ3n) is 5.87. The van der Waals surface area contributed by atoms with Crippen LogP contribution in [0.4, 0.5) is 11.5 Å². The van der Waals surface area contributed by atoms with Crippen LogP contribution < -0.4 is 19.5 Å². The molecule has 0 bridgehead atoms. The first-order chi connectivity index (χ1) is 15.8. The van der Waals surface area contributed by atoms with Crippen molar-refractivity contribution in [1.82, 2.24) is 14.9 Å². The van der Waals surface area contributed by atoms with Gasteiger partial charge in [-0.15, -0.1) is 0 Å². The van der Waals surface area contributed by atoms with Crippen LogP contribution in [0.3, 0.4) is 0 Å². The van der Waals surface area contributed by atoms with E-state index in [0.717, 1.165) is 68.0 Å². The molecule has 2 aliphatic rings. The van der Waals surface area contributed by atoms with Gasteiger partial charge in [0.05, 0.1) is 44.7 Å². The Morgan fingerprint density at radius 1 is 1.09 bits per heavy atom. The molecule has 1 fully saturated rings. The van der Waals surface area contributed by atoms with Crippen LogP contribution in [0.5, 0.6) is 17.2 Å². The number of benzene rings is 2. The highest BCUT2D eigenvalue weighted by molar-refractivity contribution is 5.93. The number of methoxy groups -OCH3 is 1. The van der Waals surface area contributed by atoms with E-state index in [4.69, 9.17) is 18.9 Å². The molecule has 8 heteroatoms. The number of ether oxygens (including phenoxy) is 4. The third-order valence-corrected chi connectivity index (χ3v) is 5.87. The Morgan fingerprint density at radius 2 is 2.00 bits per heavy atom. The van der Waals surface area contributed by atoms with Gasteiger partial charge in [-0.1, -0.05) is 12.1 Å². The van der Waals surface area contributed by atoms with Crippen molar-refractivity contribution in [3.8, 4) is 17.2 Å². The van der Waals surface area contributed by atoms with Gasteiger partial charge in [-0.25, -0.2) is 9.97 Å². The normalized spacial score (nSPS) is 15.9. The highest BCUT2D eigenvalue weighted by atomic mass is 16.5. The largest absolute Gasteiger partial charge is 0.493 e. The van der Waals surface area contributed by atoms with E-state index < -0.39 is 0 Å². The lowest BCUT2D eigenvalue weighted by molar-refractivity contribution is 0.0357. The molecule has 3 aromatic rings. The first-order valence-corrected chi connectivity index (χ1v) is 11.1. The summed E-state index contributed by atoms with van der Waals surface area (Å²) in [4.78, 5) is 11.3. The Kier molecular flexibility index (Phi) is 6.22. The lowest BCUT2D eigenvalue weighted by Gasteiger charge is -2.26. The summed E-state index contributed by atoms with van der Waals surface area (Å²) in [5.41, 5.74) is 2.90. The van der Waals surface area contributed by atoms with Gasteiger partial charge in [-0.2, -0.15) is 0 Å². The van der Waals surface area contributed by atoms with Crippen molar-refractivity contribution in [2.24, 2.45) is 0 Å². The van der Waals surface area contributed by atoms with E-state index in [9.17, 15) is 0 Å². The molecule has 2 aliphatic heterocycles. The summed E-state index contributed by atoms with van der Waals surface area (Å²) in [6.07, 6.45) is 3.43. The van der Waals surface area contributed by atoms with E-state index in [1.54, 1.807) is 13.4 Å². The molecule has 1 N–H and O–H groups in total. The summed E-state index contributed by atoms with van der Waals surface area (Å²) in [5.74, 6) is 2.95. The SMILES string of the molecule is COc1cc2c(Nc3cccc4c3OCC4)ncnc2cc1OCCCN1CCOCC1. The minimum atomic E-state index is 0.614. The molecule has 0 amide bonds. The lowest BCUT2D eigenvalue weighted by Crippen LogP contribution is -2.37. The molecule has 0 spiro atoms. The van der Waals surface area contributed by atoms with Crippen molar-refractivity contribution >= 4 is 22.4 Å². The van der Waals surface area contributed by atoms with E-state index in [2.05, 4.69) is 26.3 Å². The zero-order valence-electron chi connectivity index (χ0n) is 18.3. The minimum absolute atomic E-state index is 0.614. The number of rotatable bonds is 8. The van der Waals surface area contributed by atoms with Crippen LogP contribution in [0.25, 0.3) is 10.9 Å². The van der Waals surface area contributed by atoms with Crippen molar-refractivity contribution in [2.75, 3.05) is 58.5 Å². The second-order valence-electron chi connectivity index (χ2n) is 7.92. The molecule has 2 aromatic carbocycles. The maximum absolute atomic E-state index is 6.06. The van der Waals surface area contributed by atoms with Gasteiger partial charge >= 0.3 is 0 Å². The quantitative estimate of drug-likeness (QED) is 0.538.